The average Bonchev–Trinajstić information content (AvgIpc) is 2.77. The molecule has 30 heavy (non-hydrogen) atoms. The Balaban J connectivity index is 1.67. The van der Waals surface area contributed by atoms with Crippen molar-refractivity contribution in [1.29, 1.82) is 0 Å². The summed E-state index contributed by atoms with van der Waals surface area (Å²) in [6.45, 7) is 2.11. The number of carbonyl (C=O) groups excluding carboxylic acids is 2. The van der Waals surface area contributed by atoms with E-state index in [1.54, 1.807) is 14.2 Å². The molecule has 5 nitrogen and oxygen atoms in total. The van der Waals surface area contributed by atoms with E-state index in [0.29, 0.717) is 30.8 Å². The minimum Gasteiger partial charge on any atom is -0.493 e. The molecule has 1 aliphatic heterocycles. The normalized spacial score (nSPS) is 21.2. The molecule has 1 heterocycles. The van der Waals surface area contributed by atoms with Gasteiger partial charge in [-0.25, -0.2) is 0 Å². The number of Topliss-reactive ketones (excluding diaryl/α,β-unsaturated/α-hetero) is 1. The van der Waals surface area contributed by atoms with Gasteiger partial charge in [-0.2, -0.15) is 0 Å². The van der Waals surface area contributed by atoms with Crippen LogP contribution in [0.5, 0.6) is 11.5 Å². The Bertz CT molecular complexity index is 1010. The van der Waals surface area contributed by atoms with E-state index in [1.165, 1.54) is 5.56 Å². The standard InChI is InChI=1S/C25H27NO4/c1-4-15-5-7-16(8-6-15)19-14-24(28)26-20-11-18(12-21(27)25(19)20)17-9-10-22(29-2)23(13-17)30-3/h5-10,13,18-19H,4,11-12,14H2,1-3H3,(H,26,28)/t18-,19+/m0/s1. The summed E-state index contributed by atoms with van der Waals surface area (Å²) in [5.74, 6) is 1.21. The zero-order valence-electron chi connectivity index (χ0n) is 17.7. The molecule has 0 aromatic heterocycles. The van der Waals surface area contributed by atoms with Crippen LogP contribution in [-0.2, 0) is 16.0 Å². The van der Waals surface area contributed by atoms with Crippen molar-refractivity contribution in [2.75, 3.05) is 14.2 Å². The van der Waals surface area contributed by atoms with Gasteiger partial charge >= 0.3 is 0 Å². The average molecular weight is 405 g/mol. The topological polar surface area (TPSA) is 64.6 Å². The summed E-state index contributed by atoms with van der Waals surface area (Å²) in [5, 5.41) is 2.99. The van der Waals surface area contributed by atoms with Crippen LogP contribution in [-0.4, -0.2) is 25.9 Å². The Kier molecular flexibility index (Phi) is 5.62. The van der Waals surface area contributed by atoms with Gasteiger partial charge in [0.25, 0.3) is 0 Å². The molecule has 5 heteroatoms. The van der Waals surface area contributed by atoms with Gasteiger partial charge in [0, 0.05) is 30.0 Å². The van der Waals surface area contributed by atoms with Crippen LogP contribution in [0, 0.1) is 0 Å². The largest absolute Gasteiger partial charge is 0.493 e. The van der Waals surface area contributed by atoms with Crippen molar-refractivity contribution >= 4 is 11.7 Å². The number of ketones is 1. The first-order chi connectivity index (χ1) is 14.5. The summed E-state index contributed by atoms with van der Waals surface area (Å²) in [5.41, 5.74) is 4.84. The van der Waals surface area contributed by atoms with E-state index in [2.05, 4.69) is 36.5 Å². The van der Waals surface area contributed by atoms with E-state index in [9.17, 15) is 9.59 Å². The number of amides is 1. The first-order valence-corrected chi connectivity index (χ1v) is 10.4. The van der Waals surface area contributed by atoms with Gasteiger partial charge in [-0.15, -0.1) is 0 Å². The number of methoxy groups -OCH3 is 2. The fourth-order valence-electron chi connectivity index (χ4n) is 4.57. The second-order valence-electron chi connectivity index (χ2n) is 7.94. The molecule has 2 atom stereocenters. The van der Waals surface area contributed by atoms with E-state index in [-0.39, 0.29) is 23.5 Å². The number of hydrogen-bond donors (Lipinski definition) is 1. The molecule has 0 unspecified atom stereocenters. The molecular weight excluding hydrogens is 378 g/mol. The van der Waals surface area contributed by atoms with Gasteiger partial charge in [-0.3, -0.25) is 9.59 Å². The van der Waals surface area contributed by atoms with Gasteiger partial charge in [0.1, 0.15) is 0 Å². The predicted octanol–water partition coefficient (Wildman–Crippen LogP) is 4.27. The molecule has 0 fully saturated rings. The zero-order valence-corrected chi connectivity index (χ0v) is 17.7. The summed E-state index contributed by atoms with van der Waals surface area (Å²) in [6.07, 6.45) is 2.34. The third kappa shape index (κ3) is 3.72. The second kappa shape index (κ2) is 8.34. The van der Waals surface area contributed by atoms with E-state index in [0.717, 1.165) is 28.8 Å². The molecule has 0 saturated carbocycles. The lowest BCUT2D eigenvalue weighted by molar-refractivity contribution is -0.122. The minimum absolute atomic E-state index is 0.00225. The maximum Gasteiger partial charge on any atom is 0.225 e. The van der Waals surface area contributed by atoms with Crippen molar-refractivity contribution in [2.24, 2.45) is 0 Å². The molecule has 0 radical (unpaired) electrons. The van der Waals surface area contributed by atoms with E-state index >= 15 is 0 Å². The SMILES string of the molecule is CCc1ccc([C@H]2CC(=O)NC3=C2C(=O)C[C@@H](c2ccc(OC)c(OC)c2)C3)cc1. The van der Waals surface area contributed by atoms with Crippen LogP contribution in [0.25, 0.3) is 0 Å². The van der Waals surface area contributed by atoms with E-state index in [4.69, 9.17) is 9.47 Å². The molecule has 1 N–H and O–H groups in total. The van der Waals surface area contributed by atoms with Crippen LogP contribution in [0.2, 0.25) is 0 Å². The third-order valence-corrected chi connectivity index (χ3v) is 6.21. The number of nitrogens with one attached hydrogen (secondary N) is 1. The number of hydrogen-bond acceptors (Lipinski definition) is 4. The Labute approximate surface area is 177 Å². The summed E-state index contributed by atoms with van der Waals surface area (Å²) >= 11 is 0. The molecule has 1 aliphatic carbocycles. The summed E-state index contributed by atoms with van der Waals surface area (Å²) in [7, 11) is 3.20. The zero-order chi connectivity index (χ0) is 21.3. The highest BCUT2D eigenvalue weighted by Crippen LogP contribution is 2.43. The molecule has 2 aromatic carbocycles. The lowest BCUT2D eigenvalue weighted by Gasteiger charge is -2.34. The number of rotatable bonds is 5. The number of benzene rings is 2. The third-order valence-electron chi connectivity index (χ3n) is 6.21. The van der Waals surface area contributed by atoms with Crippen LogP contribution in [0.15, 0.2) is 53.7 Å². The van der Waals surface area contributed by atoms with Crippen molar-refractivity contribution in [3.63, 3.8) is 0 Å². The van der Waals surface area contributed by atoms with Crippen molar-refractivity contribution in [1.82, 2.24) is 5.32 Å². The summed E-state index contributed by atoms with van der Waals surface area (Å²) < 4.78 is 10.7. The first-order valence-electron chi connectivity index (χ1n) is 10.4. The Morgan fingerprint density at radius 1 is 0.900 bits per heavy atom. The van der Waals surface area contributed by atoms with Crippen molar-refractivity contribution in [2.45, 2.75) is 44.4 Å². The highest BCUT2D eigenvalue weighted by atomic mass is 16.5. The molecule has 2 aromatic rings. The van der Waals surface area contributed by atoms with Gasteiger partial charge in [0.15, 0.2) is 17.3 Å². The molecule has 1 amide bonds. The fourth-order valence-corrected chi connectivity index (χ4v) is 4.57. The quantitative estimate of drug-likeness (QED) is 0.807. The Morgan fingerprint density at radius 2 is 1.60 bits per heavy atom. The number of aryl methyl sites for hydroxylation is 1. The summed E-state index contributed by atoms with van der Waals surface area (Å²) in [6, 6.07) is 14.0. The van der Waals surface area contributed by atoms with E-state index in [1.807, 2.05) is 18.2 Å². The van der Waals surface area contributed by atoms with Crippen LogP contribution < -0.4 is 14.8 Å². The van der Waals surface area contributed by atoms with Gasteiger partial charge in [0.05, 0.1) is 14.2 Å². The van der Waals surface area contributed by atoms with Crippen molar-refractivity contribution < 1.29 is 19.1 Å². The monoisotopic (exact) mass is 405 g/mol. The van der Waals surface area contributed by atoms with Crippen LogP contribution in [0.4, 0.5) is 0 Å². The number of carbonyl (C=O) groups is 2. The van der Waals surface area contributed by atoms with Gasteiger partial charge in [-0.05, 0) is 47.6 Å². The molecule has 0 spiro atoms. The maximum atomic E-state index is 13.2. The van der Waals surface area contributed by atoms with Crippen molar-refractivity contribution in [3.05, 3.63) is 70.4 Å². The van der Waals surface area contributed by atoms with Crippen molar-refractivity contribution in [3.8, 4) is 11.5 Å². The van der Waals surface area contributed by atoms with E-state index < -0.39 is 0 Å². The molecular formula is C25H27NO4. The Morgan fingerprint density at radius 3 is 2.27 bits per heavy atom. The first kappa shape index (κ1) is 20.2. The maximum absolute atomic E-state index is 13.2. The van der Waals surface area contributed by atoms with Crippen LogP contribution in [0.3, 0.4) is 0 Å². The van der Waals surface area contributed by atoms with Gasteiger partial charge < -0.3 is 14.8 Å². The molecule has 2 aliphatic rings. The molecule has 0 saturated heterocycles. The molecule has 0 bridgehead atoms. The second-order valence-corrected chi connectivity index (χ2v) is 7.94. The smallest absolute Gasteiger partial charge is 0.225 e. The lowest BCUT2D eigenvalue weighted by atomic mass is 9.73. The molecule has 156 valence electrons. The number of ether oxygens (including phenoxy) is 2. The lowest BCUT2D eigenvalue weighted by Crippen LogP contribution is -2.38. The van der Waals surface area contributed by atoms with Gasteiger partial charge in [-0.1, -0.05) is 37.3 Å². The fraction of sp³-hybridized carbons (Fsp3) is 0.360. The highest BCUT2D eigenvalue weighted by molar-refractivity contribution is 6.02. The molecule has 4 rings (SSSR count). The summed E-state index contributed by atoms with van der Waals surface area (Å²) in [4.78, 5) is 25.7. The van der Waals surface area contributed by atoms with Crippen LogP contribution in [0.1, 0.15) is 54.7 Å². The van der Waals surface area contributed by atoms with Crippen LogP contribution >= 0.6 is 0 Å². The van der Waals surface area contributed by atoms with Gasteiger partial charge in [0.2, 0.25) is 5.91 Å². The number of allylic oxidation sites excluding steroid dienone is 2. The minimum atomic E-state index is -0.168. The predicted molar refractivity (Wildman–Crippen MR) is 115 cm³/mol. The Hall–Kier alpha value is -3.08. The highest BCUT2D eigenvalue weighted by Gasteiger charge is 2.38.